The third kappa shape index (κ3) is 4.19. The van der Waals surface area contributed by atoms with Crippen molar-refractivity contribution in [3.8, 4) is 0 Å². The number of likely N-dealkylation sites (tertiary alicyclic amines) is 1. The van der Waals surface area contributed by atoms with Crippen LogP contribution in [0.5, 0.6) is 0 Å². The van der Waals surface area contributed by atoms with Gasteiger partial charge in [-0.1, -0.05) is 12.1 Å². The summed E-state index contributed by atoms with van der Waals surface area (Å²) in [6, 6.07) is 4.31. The first-order valence-corrected chi connectivity index (χ1v) is 10.3. The van der Waals surface area contributed by atoms with Crippen LogP contribution in [0.3, 0.4) is 0 Å². The summed E-state index contributed by atoms with van der Waals surface area (Å²) in [5.41, 5.74) is 0.604. The van der Waals surface area contributed by atoms with E-state index in [4.69, 9.17) is 0 Å². The highest BCUT2D eigenvalue weighted by Gasteiger charge is 2.45. The topological polar surface area (TPSA) is 68.4 Å². The van der Waals surface area contributed by atoms with Crippen LogP contribution in [0.2, 0.25) is 0 Å². The Labute approximate surface area is 179 Å². The molecule has 1 amide bonds. The number of H-pyrrole nitrogens is 1. The van der Waals surface area contributed by atoms with Gasteiger partial charge in [0.2, 0.25) is 5.91 Å². The van der Waals surface area contributed by atoms with Gasteiger partial charge in [-0.2, -0.15) is 26.3 Å². The first kappa shape index (κ1) is 22.9. The molecule has 5 nitrogen and oxygen atoms in total. The minimum Gasteiger partial charge on any atom is -0.396 e. The van der Waals surface area contributed by atoms with Gasteiger partial charge in [0.05, 0.1) is 18.9 Å². The van der Waals surface area contributed by atoms with Crippen molar-refractivity contribution < 1.29 is 36.2 Å². The average molecular weight is 463 g/mol. The Balaban J connectivity index is 1.61. The second-order valence-corrected chi connectivity index (χ2v) is 8.70. The molecule has 2 aromatic rings. The fourth-order valence-electron chi connectivity index (χ4n) is 5.21. The van der Waals surface area contributed by atoms with E-state index >= 15 is 0 Å². The molecule has 0 spiro atoms. The molecule has 0 saturated carbocycles. The lowest BCUT2D eigenvalue weighted by Gasteiger charge is -2.46. The van der Waals surface area contributed by atoms with Crippen molar-refractivity contribution >= 4 is 16.8 Å². The number of nitrogens with one attached hydrogen (secondary N) is 2. The minimum absolute atomic E-state index is 0.182. The van der Waals surface area contributed by atoms with Gasteiger partial charge in [0.25, 0.3) is 0 Å². The SMILES string of the molecule is CN1CC(NC(=O)C(CO)CC(F)(F)F)CC2c3cccc4[nH]c(C(F)(F)F)c(c34)C[C@H]21. The van der Waals surface area contributed by atoms with Crippen molar-refractivity contribution in [1.82, 2.24) is 15.2 Å². The summed E-state index contributed by atoms with van der Waals surface area (Å²) in [5.74, 6) is -2.67. The van der Waals surface area contributed by atoms with Gasteiger partial charge in [-0.05, 0) is 37.1 Å². The van der Waals surface area contributed by atoms with E-state index in [1.807, 2.05) is 4.90 Å². The zero-order chi connectivity index (χ0) is 23.4. The number of nitrogens with zero attached hydrogens (tertiary/aromatic N) is 1. The second-order valence-electron chi connectivity index (χ2n) is 8.70. The largest absolute Gasteiger partial charge is 0.431 e. The van der Waals surface area contributed by atoms with Crippen molar-refractivity contribution in [2.24, 2.45) is 5.92 Å². The van der Waals surface area contributed by atoms with Crippen molar-refractivity contribution in [3.05, 3.63) is 35.0 Å². The number of carbonyl (C=O) groups excluding carboxylic acids is 1. The number of alkyl halides is 6. The van der Waals surface area contributed by atoms with Crippen molar-refractivity contribution in [3.63, 3.8) is 0 Å². The number of halogens is 6. The Kier molecular flexibility index (Phi) is 5.69. The summed E-state index contributed by atoms with van der Waals surface area (Å²) < 4.78 is 78.8. The van der Waals surface area contributed by atoms with E-state index in [0.29, 0.717) is 17.3 Å². The third-order valence-electron chi connectivity index (χ3n) is 6.55. The van der Waals surface area contributed by atoms with E-state index < -0.39 is 48.9 Å². The van der Waals surface area contributed by atoms with Crippen molar-refractivity contribution in [1.29, 1.82) is 0 Å². The Morgan fingerprint density at radius 1 is 1.28 bits per heavy atom. The fourth-order valence-corrected chi connectivity index (χ4v) is 5.21. The zero-order valence-corrected chi connectivity index (χ0v) is 17.1. The Morgan fingerprint density at radius 3 is 2.62 bits per heavy atom. The van der Waals surface area contributed by atoms with Gasteiger partial charge in [-0.3, -0.25) is 4.79 Å². The number of aromatic nitrogens is 1. The van der Waals surface area contributed by atoms with Crippen molar-refractivity contribution in [2.45, 2.75) is 49.6 Å². The second kappa shape index (κ2) is 7.95. The van der Waals surface area contributed by atoms with Crippen LogP contribution in [-0.2, 0) is 17.4 Å². The molecule has 32 heavy (non-hydrogen) atoms. The Bertz CT molecular complexity index is 1020. The maximum Gasteiger partial charge on any atom is 0.431 e. The summed E-state index contributed by atoms with van der Waals surface area (Å²) in [6.45, 7) is -0.639. The van der Waals surface area contributed by atoms with Crippen molar-refractivity contribution in [2.75, 3.05) is 20.2 Å². The molecular weight excluding hydrogens is 440 g/mol. The molecule has 1 aliphatic heterocycles. The monoisotopic (exact) mass is 463 g/mol. The van der Waals surface area contributed by atoms with Gasteiger partial charge in [0.15, 0.2) is 0 Å². The number of fused-ring (bicyclic) bond motifs is 2. The number of piperidine rings is 1. The molecule has 11 heteroatoms. The van der Waals surface area contributed by atoms with Crippen LogP contribution in [0.4, 0.5) is 26.3 Å². The molecule has 0 bridgehead atoms. The highest BCUT2D eigenvalue weighted by Crippen LogP contribution is 2.47. The zero-order valence-electron chi connectivity index (χ0n) is 17.1. The fraction of sp³-hybridized carbons (Fsp3) is 0.571. The van der Waals surface area contributed by atoms with Gasteiger partial charge >= 0.3 is 12.4 Å². The van der Waals surface area contributed by atoms with Gasteiger partial charge in [0, 0.05) is 35.4 Å². The molecule has 4 rings (SSSR count). The molecule has 1 aromatic carbocycles. The highest BCUT2D eigenvalue weighted by molar-refractivity contribution is 5.90. The van der Waals surface area contributed by atoms with Crippen LogP contribution in [0.25, 0.3) is 10.9 Å². The number of rotatable bonds is 4. The van der Waals surface area contributed by atoms with E-state index in [1.54, 1.807) is 25.2 Å². The maximum atomic E-state index is 13.6. The molecule has 1 aliphatic carbocycles. The first-order valence-electron chi connectivity index (χ1n) is 10.3. The average Bonchev–Trinajstić information content (AvgIpc) is 3.07. The van der Waals surface area contributed by atoms with Crippen LogP contribution >= 0.6 is 0 Å². The van der Waals surface area contributed by atoms with Gasteiger partial charge in [0.1, 0.15) is 5.69 Å². The summed E-state index contributed by atoms with van der Waals surface area (Å²) in [4.78, 5) is 16.7. The van der Waals surface area contributed by atoms with E-state index in [9.17, 15) is 36.2 Å². The number of aromatic amines is 1. The molecule has 0 radical (unpaired) electrons. The third-order valence-corrected chi connectivity index (χ3v) is 6.55. The molecule has 3 N–H and O–H groups in total. The molecular formula is C21H23F6N3O2. The van der Waals surface area contributed by atoms with Crippen LogP contribution < -0.4 is 5.32 Å². The number of hydrogen-bond acceptors (Lipinski definition) is 3. The predicted molar refractivity (Wildman–Crippen MR) is 104 cm³/mol. The van der Waals surface area contributed by atoms with E-state index in [0.717, 1.165) is 5.56 Å². The van der Waals surface area contributed by atoms with E-state index in [1.165, 1.54) is 0 Å². The number of amides is 1. The number of likely N-dealkylation sites (N-methyl/N-ethyl adjacent to an activating group) is 1. The van der Waals surface area contributed by atoms with Gasteiger partial charge < -0.3 is 20.3 Å². The summed E-state index contributed by atoms with van der Waals surface area (Å²) in [7, 11) is 1.74. The number of hydrogen-bond donors (Lipinski definition) is 3. The quantitative estimate of drug-likeness (QED) is 0.608. The number of carbonyl (C=O) groups is 1. The standard InChI is InChI=1S/C21H23F6N3O2/c1-30-8-11(28-19(32)10(9-31)7-20(22,23)24)5-13-12-3-2-4-15-17(12)14(6-16(13)30)18(29-15)21(25,26)27/h2-4,10-11,13,16,29,31H,5-9H2,1H3,(H,28,32)/t10?,11?,13?,16-/m1/s1. The molecule has 2 aliphatic rings. The molecule has 4 atom stereocenters. The van der Waals surface area contributed by atoms with Gasteiger partial charge in [-0.25, -0.2) is 0 Å². The Morgan fingerprint density at radius 2 is 2.00 bits per heavy atom. The summed E-state index contributed by atoms with van der Waals surface area (Å²) >= 11 is 0. The minimum atomic E-state index is -4.58. The number of aliphatic hydroxyl groups is 1. The number of aliphatic hydroxyl groups excluding tert-OH is 1. The van der Waals surface area contributed by atoms with Crippen LogP contribution in [0, 0.1) is 5.92 Å². The molecule has 3 unspecified atom stereocenters. The summed E-state index contributed by atoms with van der Waals surface area (Å²) in [5, 5.41) is 12.4. The lowest BCUT2D eigenvalue weighted by atomic mass is 9.73. The molecule has 1 saturated heterocycles. The van der Waals surface area contributed by atoms with Gasteiger partial charge in [-0.15, -0.1) is 0 Å². The molecule has 2 heterocycles. The maximum absolute atomic E-state index is 13.6. The first-order chi connectivity index (χ1) is 14.9. The molecule has 1 aromatic heterocycles. The van der Waals surface area contributed by atoms with E-state index in [2.05, 4.69) is 10.3 Å². The Hall–Kier alpha value is -2.27. The number of benzene rings is 1. The van der Waals surface area contributed by atoms with E-state index in [-0.39, 0.29) is 30.5 Å². The lowest BCUT2D eigenvalue weighted by molar-refractivity contribution is -0.157. The highest BCUT2D eigenvalue weighted by atomic mass is 19.4. The van der Waals surface area contributed by atoms with Crippen LogP contribution in [0.1, 0.15) is 35.6 Å². The van der Waals surface area contributed by atoms with Crippen LogP contribution in [0.15, 0.2) is 18.2 Å². The lowest BCUT2D eigenvalue weighted by Crippen LogP contribution is -2.56. The predicted octanol–water partition coefficient (Wildman–Crippen LogP) is 3.58. The molecule has 176 valence electrons. The normalized spacial score (nSPS) is 24.9. The van der Waals surface area contributed by atoms with Crippen LogP contribution in [-0.4, -0.2) is 59.4 Å². The summed E-state index contributed by atoms with van der Waals surface area (Å²) in [6.07, 6.45) is -9.95. The molecule has 1 fully saturated rings. The smallest absolute Gasteiger partial charge is 0.396 e.